The number of rotatable bonds is 2. The summed E-state index contributed by atoms with van der Waals surface area (Å²) in [7, 11) is 1.70. The molecule has 1 aromatic carbocycles. The van der Waals surface area contributed by atoms with Crippen LogP contribution < -0.4 is 15.2 Å². The van der Waals surface area contributed by atoms with Crippen LogP contribution in [0.15, 0.2) is 12.1 Å². The highest BCUT2D eigenvalue weighted by molar-refractivity contribution is 5.53. The SMILES string of the molecule is COc1cc(C2(N)CCCCC2)cc2c1OC(C)C2. The summed E-state index contributed by atoms with van der Waals surface area (Å²) in [6.45, 7) is 2.10. The number of hydrogen-bond donors (Lipinski definition) is 1. The molecule has 0 radical (unpaired) electrons. The third-order valence-electron chi connectivity index (χ3n) is 4.50. The van der Waals surface area contributed by atoms with Crippen molar-refractivity contribution in [1.82, 2.24) is 0 Å². The van der Waals surface area contributed by atoms with E-state index in [0.717, 1.165) is 30.8 Å². The maximum absolute atomic E-state index is 6.64. The van der Waals surface area contributed by atoms with Crippen LogP contribution in [0.1, 0.15) is 50.2 Å². The van der Waals surface area contributed by atoms with Gasteiger partial charge >= 0.3 is 0 Å². The molecule has 1 aliphatic carbocycles. The molecule has 0 amide bonds. The normalized spacial score (nSPS) is 24.7. The van der Waals surface area contributed by atoms with Gasteiger partial charge in [-0.25, -0.2) is 0 Å². The van der Waals surface area contributed by atoms with Gasteiger partial charge in [-0.2, -0.15) is 0 Å². The summed E-state index contributed by atoms with van der Waals surface area (Å²) >= 11 is 0. The van der Waals surface area contributed by atoms with E-state index in [1.165, 1.54) is 30.4 Å². The molecule has 3 heteroatoms. The quantitative estimate of drug-likeness (QED) is 0.889. The molecule has 3 nitrogen and oxygen atoms in total. The number of methoxy groups -OCH3 is 1. The van der Waals surface area contributed by atoms with Crippen molar-refractivity contribution in [2.45, 2.75) is 57.1 Å². The first-order valence-electron chi connectivity index (χ1n) is 7.29. The van der Waals surface area contributed by atoms with Crippen LogP contribution in [0, 0.1) is 0 Å². The van der Waals surface area contributed by atoms with E-state index in [0.29, 0.717) is 0 Å². The van der Waals surface area contributed by atoms with Gasteiger partial charge in [0.2, 0.25) is 0 Å². The van der Waals surface area contributed by atoms with Crippen LogP contribution >= 0.6 is 0 Å². The predicted octanol–water partition coefficient (Wildman–Crippen LogP) is 3.14. The zero-order valence-corrected chi connectivity index (χ0v) is 11.9. The second-order valence-corrected chi connectivity index (χ2v) is 6.02. The van der Waals surface area contributed by atoms with Gasteiger partial charge in [-0.15, -0.1) is 0 Å². The Balaban J connectivity index is 2.01. The van der Waals surface area contributed by atoms with Gasteiger partial charge in [0.25, 0.3) is 0 Å². The van der Waals surface area contributed by atoms with E-state index < -0.39 is 0 Å². The van der Waals surface area contributed by atoms with Crippen molar-refractivity contribution < 1.29 is 9.47 Å². The third-order valence-corrected chi connectivity index (χ3v) is 4.50. The van der Waals surface area contributed by atoms with Gasteiger partial charge in [0.05, 0.1) is 7.11 Å². The van der Waals surface area contributed by atoms with E-state index in [2.05, 4.69) is 19.1 Å². The van der Waals surface area contributed by atoms with Crippen molar-refractivity contribution in [3.63, 3.8) is 0 Å². The number of hydrogen-bond acceptors (Lipinski definition) is 3. The maximum Gasteiger partial charge on any atom is 0.164 e. The summed E-state index contributed by atoms with van der Waals surface area (Å²) in [5, 5.41) is 0. The maximum atomic E-state index is 6.64. The molecule has 1 aliphatic heterocycles. The molecule has 19 heavy (non-hydrogen) atoms. The molecule has 0 aromatic heterocycles. The Hall–Kier alpha value is -1.22. The molecule has 0 spiro atoms. The molecule has 0 saturated heterocycles. The molecule has 1 aromatic rings. The van der Waals surface area contributed by atoms with Crippen LogP contribution in [0.25, 0.3) is 0 Å². The van der Waals surface area contributed by atoms with Gasteiger partial charge in [-0.3, -0.25) is 0 Å². The summed E-state index contributed by atoms with van der Waals surface area (Å²) in [5.41, 5.74) is 8.93. The minimum absolute atomic E-state index is 0.174. The highest BCUT2D eigenvalue weighted by Crippen LogP contribution is 2.43. The van der Waals surface area contributed by atoms with E-state index in [1.54, 1.807) is 7.11 Å². The minimum atomic E-state index is -0.174. The Morgan fingerprint density at radius 2 is 2.00 bits per heavy atom. The van der Waals surface area contributed by atoms with E-state index in [1.807, 2.05) is 0 Å². The standard InChI is InChI=1S/C16H23NO2/c1-11-8-12-9-13(10-14(18-2)15(12)19-11)16(17)6-4-3-5-7-16/h9-11H,3-8,17H2,1-2H3. The molecule has 1 fully saturated rings. The first-order chi connectivity index (χ1) is 9.12. The topological polar surface area (TPSA) is 44.5 Å². The molecular formula is C16H23NO2. The van der Waals surface area contributed by atoms with Crippen molar-refractivity contribution in [1.29, 1.82) is 0 Å². The molecule has 1 heterocycles. The first-order valence-corrected chi connectivity index (χ1v) is 7.29. The van der Waals surface area contributed by atoms with Crippen LogP contribution in [0.2, 0.25) is 0 Å². The second-order valence-electron chi connectivity index (χ2n) is 6.02. The van der Waals surface area contributed by atoms with Crippen molar-refractivity contribution >= 4 is 0 Å². The fourth-order valence-corrected chi connectivity index (χ4v) is 3.41. The molecule has 1 unspecified atom stereocenters. The van der Waals surface area contributed by atoms with E-state index in [4.69, 9.17) is 15.2 Å². The van der Waals surface area contributed by atoms with E-state index in [9.17, 15) is 0 Å². The molecule has 1 saturated carbocycles. The first kappa shape index (κ1) is 12.8. The largest absolute Gasteiger partial charge is 0.493 e. The zero-order valence-electron chi connectivity index (χ0n) is 11.9. The predicted molar refractivity (Wildman–Crippen MR) is 75.7 cm³/mol. The van der Waals surface area contributed by atoms with Crippen LogP contribution in [0.3, 0.4) is 0 Å². The van der Waals surface area contributed by atoms with Crippen molar-refractivity contribution in [3.05, 3.63) is 23.3 Å². The summed E-state index contributed by atoms with van der Waals surface area (Å²) in [5.74, 6) is 1.76. The molecule has 2 aliphatic rings. The number of ether oxygens (including phenoxy) is 2. The minimum Gasteiger partial charge on any atom is -0.493 e. The lowest BCUT2D eigenvalue weighted by Crippen LogP contribution is -2.38. The molecule has 2 N–H and O–H groups in total. The molecule has 0 bridgehead atoms. The lowest BCUT2D eigenvalue weighted by molar-refractivity contribution is 0.243. The summed E-state index contributed by atoms with van der Waals surface area (Å²) in [4.78, 5) is 0. The van der Waals surface area contributed by atoms with Crippen LogP contribution in [0.4, 0.5) is 0 Å². The van der Waals surface area contributed by atoms with Crippen LogP contribution in [-0.2, 0) is 12.0 Å². The van der Waals surface area contributed by atoms with Gasteiger partial charge in [-0.05, 0) is 37.5 Å². The Bertz CT molecular complexity index is 478. The van der Waals surface area contributed by atoms with Gasteiger partial charge in [0.15, 0.2) is 11.5 Å². The summed E-state index contributed by atoms with van der Waals surface area (Å²) in [6, 6.07) is 4.33. The fraction of sp³-hybridized carbons (Fsp3) is 0.625. The van der Waals surface area contributed by atoms with E-state index in [-0.39, 0.29) is 11.6 Å². The fourth-order valence-electron chi connectivity index (χ4n) is 3.41. The smallest absolute Gasteiger partial charge is 0.164 e. The molecule has 1 atom stereocenters. The molecule has 3 rings (SSSR count). The monoisotopic (exact) mass is 261 g/mol. The average molecular weight is 261 g/mol. The Kier molecular flexibility index (Phi) is 3.17. The highest BCUT2D eigenvalue weighted by atomic mass is 16.5. The van der Waals surface area contributed by atoms with Gasteiger partial charge in [-0.1, -0.05) is 19.3 Å². The van der Waals surface area contributed by atoms with Gasteiger partial charge < -0.3 is 15.2 Å². The van der Waals surface area contributed by atoms with Gasteiger partial charge in [0.1, 0.15) is 6.10 Å². The van der Waals surface area contributed by atoms with Crippen molar-refractivity contribution in [3.8, 4) is 11.5 Å². The lowest BCUT2D eigenvalue weighted by Gasteiger charge is -2.34. The van der Waals surface area contributed by atoms with Crippen molar-refractivity contribution in [2.75, 3.05) is 7.11 Å². The molecule has 104 valence electrons. The Morgan fingerprint density at radius 1 is 1.26 bits per heavy atom. The third kappa shape index (κ3) is 2.20. The summed E-state index contributed by atoms with van der Waals surface area (Å²) in [6.07, 6.45) is 7.10. The van der Waals surface area contributed by atoms with Crippen molar-refractivity contribution in [2.24, 2.45) is 5.73 Å². The number of benzene rings is 1. The summed E-state index contributed by atoms with van der Waals surface area (Å²) < 4.78 is 11.3. The van der Waals surface area contributed by atoms with E-state index >= 15 is 0 Å². The Labute approximate surface area is 115 Å². The Morgan fingerprint density at radius 3 is 2.68 bits per heavy atom. The zero-order chi connectivity index (χ0) is 13.5. The average Bonchev–Trinajstić information content (AvgIpc) is 2.78. The lowest BCUT2D eigenvalue weighted by atomic mass is 9.77. The van der Waals surface area contributed by atoms with Crippen LogP contribution in [-0.4, -0.2) is 13.2 Å². The van der Waals surface area contributed by atoms with Crippen LogP contribution in [0.5, 0.6) is 11.5 Å². The molecular weight excluding hydrogens is 238 g/mol. The number of fused-ring (bicyclic) bond motifs is 1. The highest BCUT2D eigenvalue weighted by Gasteiger charge is 2.33. The number of nitrogens with two attached hydrogens (primary N) is 1. The second kappa shape index (κ2) is 4.71. The van der Waals surface area contributed by atoms with Gasteiger partial charge in [0, 0.05) is 17.5 Å².